The van der Waals surface area contributed by atoms with Crippen molar-refractivity contribution in [1.29, 1.82) is 0 Å². The van der Waals surface area contributed by atoms with Gasteiger partial charge in [0, 0.05) is 44.0 Å². The number of benzene rings is 2. The minimum absolute atomic E-state index is 0.0348. The Kier molecular flexibility index (Phi) is 5.61. The van der Waals surface area contributed by atoms with E-state index in [0.717, 1.165) is 22.5 Å². The largest absolute Gasteiger partial charge is 0.356 e. The van der Waals surface area contributed by atoms with Crippen LogP contribution in [0.1, 0.15) is 23.2 Å². The van der Waals surface area contributed by atoms with Crippen molar-refractivity contribution in [2.24, 2.45) is 0 Å². The van der Waals surface area contributed by atoms with E-state index >= 15 is 0 Å². The van der Waals surface area contributed by atoms with Gasteiger partial charge in [0.2, 0.25) is 11.8 Å². The summed E-state index contributed by atoms with van der Waals surface area (Å²) in [7, 11) is 1.78. The molecule has 5 nitrogen and oxygen atoms in total. The first-order valence-electron chi connectivity index (χ1n) is 10.2. The number of hydrogen-bond donors (Lipinski definition) is 1. The van der Waals surface area contributed by atoms with Gasteiger partial charge < -0.3 is 10.2 Å². The molecule has 2 aromatic carbocycles. The van der Waals surface area contributed by atoms with Crippen LogP contribution in [0.3, 0.4) is 0 Å². The van der Waals surface area contributed by atoms with E-state index in [1.807, 2.05) is 72.8 Å². The Bertz CT molecular complexity index is 1040. The smallest absolute Gasteiger partial charge is 0.238 e. The second kappa shape index (κ2) is 8.49. The zero-order valence-corrected chi connectivity index (χ0v) is 17.0. The van der Waals surface area contributed by atoms with E-state index in [2.05, 4.69) is 10.3 Å². The summed E-state index contributed by atoms with van der Waals surface area (Å²) < 4.78 is 0. The highest BCUT2D eigenvalue weighted by atomic mass is 16.2. The van der Waals surface area contributed by atoms with Gasteiger partial charge in [0.25, 0.3) is 0 Å². The number of amides is 2. The molecule has 1 aliphatic heterocycles. The summed E-state index contributed by atoms with van der Waals surface area (Å²) in [6.45, 7) is 0.489. The molecule has 0 unspecified atom stereocenters. The molecular formula is C25H25N3O2. The van der Waals surface area contributed by atoms with E-state index in [1.165, 1.54) is 0 Å². The second-order valence-electron chi connectivity index (χ2n) is 7.72. The van der Waals surface area contributed by atoms with E-state index in [-0.39, 0.29) is 18.2 Å². The Morgan fingerprint density at radius 1 is 1.00 bits per heavy atom. The van der Waals surface area contributed by atoms with E-state index < -0.39 is 5.41 Å². The minimum atomic E-state index is -0.901. The van der Waals surface area contributed by atoms with Gasteiger partial charge in [-0.2, -0.15) is 0 Å². The lowest BCUT2D eigenvalue weighted by molar-refractivity contribution is -0.129. The van der Waals surface area contributed by atoms with E-state index in [0.29, 0.717) is 19.4 Å². The normalized spacial score (nSPS) is 17.6. The number of pyridine rings is 1. The summed E-state index contributed by atoms with van der Waals surface area (Å²) >= 11 is 0. The molecule has 0 radical (unpaired) electrons. The molecule has 1 aromatic heterocycles. The van der Waals surface area contributed by atoms with Crippen molar-refractivity contribution in [3.05, 3.63) is 95.8 Å². The number of nitrogens with zero attached hydrogens (tertiary/aromatic N) is 2. The summed E-state index contributed by atoms with van der Waals surface area (Å²) in [5, 5.41) is 2.99. The maximum Gasteiger partial charge on any atom is 0.238 e. The van der Waals surface area contributed by atoms with Crippen LogP contribution in [-0.2, 0) is 27.8 Å². The van der Waals surface area contributed by atoms with Gasteiger partial charge in [0.15, 0.2) is 0 Å². The van der Waals surface area contributed by atoms with Gasteiger partial charge in [-0.25, -0.2) is 0 Å². The summed E-state index contributed by atoms with van der Waals surface area (Å²) in [5.41, 5.74) is 2.86. The quantitative estimate of drug-likeness (QED) is 0.663. The van der Waals surface area contributed by atoms with E-state index in [4.69, 9.17) is 0 Å². The Balaban J connectivity index is 1.57. The summed E-state index contributed by atoms with van der Waals surface area (Å²) in [6, 6.07) is 23.4. The van der Waals surface area contributed by atoms with Crippen molar-refractivity contribution in [1.82, 2.24) is 10.3 Å². The van der Waals surface area contributed by atoms with Crippen LogP contribution in [0.2, 0.25) is 0 Å². The molecule has 1 N–H and O–H groups in total. The number of aromatic nitrogens is 1. The van der Waals surface area contributed by atoms with E-state index in [1.54, 1.807) is 18.1 Å². The zero-order valence-electron chi connectivity index (χ0n) is 17.0. The lowest BCUT2D eigenvalue weighted by atomic mass is 9.73. The predicted octanol–water partition coefficient (Wildman–Crippen LogP) is 3.29. The number of nitrogens with one attached hydrogen (secondary N) is 1. The number of likely N-dealkylation sites (N-methyl/N-ethyl adjacent to an activating group) is 1. The minimum Gasteiger partial charge on any atom is -0.356 e. The number of para-hydroxylation sites is 1. The fourth-order valence-electron chi connectivity index (χ4n) is 4.28. The highest BCUT2D eigenvalue weighted by Crippen LogP contribution is 2.45. The predicted molar refractivity (Wildman–Crippen MR) is 117 cm³/mol. The average molecular weight is 399 g/mol. The summed E-state index contributed by atoms with van der Waals surface area (Å²) in [4.78, 5) is 32.4. The molecule has 1 aliphatic rings. The fraction of sp³-hybridized carbons (Fsp3) is 0.240. The molecule has 152 valence electrons. The number of carbonyl (C=O) groups excluding carboxylic acids is 2. The van der Waals surface area contributed by atoms with Crippen LogP contribution in [0.15, 0.2) is 79.0 Å². The lowest BCUT2D eigenvalue weighted by Crippen LogP contribution is -2.44. The van der Waals surface area contributed by atoms with E-state index in [9.17, 15) is 9.59 Å². The summed E-state index contributed by atoms with van der Waals surface area (Å²) in [6.07, 6.45) is 3.00. The molecule has 0 bridgehead atoms. The Hall–Kier alpha value is -3.47. The number of fused-ring (bicyclic) bond motifs is 1. The molecular weight excluding hydrogens is 374 g/mol. The first-order chi connectivity index (χ1) is 14.6. The zero-order chi connectivity index (χ0) is 21.0. The van der Waals surface area contributed by atoms with Gasteiger partial charge in [-0.1, -0.05) is 54.6 Å². The third kappa shape index (κ3) is 3.83. The van der Waals surface area contributed by atoms with Gasteiger partial charge in [0.1, 0.15) is 0 Å². The molecule has 3 aromatic rings. The standard InChI is InChI=1S/C25H25N3O2/c1-28-22-13-6-5-12-21(22)25(24(28)30,17-19-9-3-2-4-10-19)18-23(29)27-16-14-20-11-7-8-15-26-20/h2-13,15H,14,16-18H2,1H3,(H,27,29)/t25-/m0/s1. The highest BCUT2D eigenvalue weighted by Gasteiger charge is 2.50. The molecule has 0 saturated carbocycles. The maximum atomic E-state index is 13.5. The highest BCUT2D eigenvalue weighted by molar-refractivity contribution is 6.09. The molecule has 0 aliphatic carbocycles. The van der Waals surface area contributed by atoms with Crippen LogP contribution >= 0.6 is 0 Å². The van der Waals surface area contributed by atoms with Gasteiger partial charge in [0.05, 0.1) is 5.41 Å². The van der Waals surface area contributed by atoms with Gasteiger partial charge in [-0.05, 0) is 35.7 Å². The van der Waals surface area contributed by atoms with Gasteiger partial charge in [-0.3, -0.25) is 14.6 Å². The third-order valence-electron chi connectivity index (χ3n) is 5.74. The first kappa shape index (κ1) is 19.8. The number of anilines is 1. The van der Waals surface area contributed by atoms with Crippen molar-refractivity contribution < 1.29 is 9.59 Å². The van der Waals surface area contributed by atoms with Crippen LogP contribution in [0.25, 0.3) is 0 Å². The van der Waals surface area contributed by atoms with Gasteiger partial charge >= 0.3 is 0 Å². The van der Waals surface area contributed by atoms with Crippen molar-refractivity contribution >= 4 is 17.5 Å². The molecule has 5 heteroatoms. The molecule has 1 atom stereocenters. The van der Waals surface area contributed by atoms with Gasteiger partial charge in [-0.15, -0.1) is 0 Å². The number of rotatable bonds is 7. The molecule has 0 fully saturated rings. The number of carbonyl (C=O) groups is 2. The van der Waals surface area contributed by atoms with Crippen molar-refractivity contribution in [2.75, 3.05) is 18.5 Å². The lowest BCUT2D eigenvalue weighted by Gasteiger charge is -2.28. The molecule has 0 saturated heterocycles. The van der Waals surface area contributed by atoms with Crippen molar-refractivity contribution in [3.8, 4) is 0 Å². The monoisotopic (exact) mass is 399 g/mol. The molecule has 2 heterocycles. The van der Waals surface area contributed by atoms with Crippen LogP contribution in [0.5, 0.6) is 0 Å². The van der Waals surface area contributed by atoms with Crippen LogP contribution in [0.4, 0.5) is 5.69 Å². The molecule has 30 heavy (non-hydrogen) atoms. The molecule has 2 amide bonds. The number of hydrogen-bond acceptors (Lipinski definition) is 3. The topological polar surface area (TPSA) is 62.3 Å². The molecule has 0 spiro atoms. The Morgan fingerprint density at radius 3 is 2.50 bits per heavy atom. The fourth-order valence-corrected chi connectivity index (χ4v) is 4.28. The molecule has 4 rings (SSSR count). The van der Waals surface area contributed by atoms with Crippen LogP contribution in [-0.4, -0.2) is 30.4 Å². The third-order valence-corrected chi connectivity index (χ3v) is 5.74. The summed E-state index contributed by atoms with van der Waals surface area (Å²) in [5.74, 6) is -0.159. The maximum absolute atomic E-state index is 13.5. The first-order valence-corrected chi connectivity index (χ1v) is 10.2. The Morgan fingerprint density at radius 2 is 1.73 bits per heavy atom. The average Bonchev–Trinajstić information content (AvgIpc) is 2.97. The van der Waals surface area contributed by atoms with Crippen LogP contribution < -0.4 is 10.2 Å². The van der Waals surface area contributed by atoms with Crippen molar-refractivity contribution in [3.63, 3.8) is 0 Å². The Labute approximate surface area is 176 Å². The van der Waals surface area contributed by atoms with Crippen LogP contribution in [0, 0.1) is 0 Å². The van der Waals surface area contributed by atoms with Crippen molar-refractivity contribution in [2.45, 2.75) is 24.7 Å². The SMILES string of the molecule is CN1C(=O)[C@](CC(=O)NCCc2ccccn2)(Cc2ccccc2)c2ccccc21. The second-order valence-corrected chi connectivity index (χ2v) is 7.72.